The van der Waals surface area contributed by atoms with Crippen LogP contribution in [0.4, 0.5) is 16.2 Å². The molecule has 0 bridgehead atoms. The molecule has 0 aliphatic carbocycles. The maximum Gasteiger partial charge on any atom is 0.325 e. The van der Waals surface area contributed by atoms with Crippen LogP contribution in [0.3, 0.4) is 0 Å². The van der Waals surface area contributed by atoms with Crippen molar-refractivity contribution in [2.45, 2.75) is 62.0 Å². The predicted octanol–water partition coefficient (Wildman–Crippen LogP) is -0.976. The Hall–Kier alpha value is -3.24. The number of hydrogen-bond acceptors (Lipinski definition) is 16. The number of H-pyrrole nitrogens is 1. The minimum absolute atomic E-state index is 0.0162. The largest absolute Gasteiger partial charge is 0.394 e. The van der Waals surface area contributed by atoms with Gasteiger partial charge < -0.3 is 45.3 Å². The van der Waals surface area contributed by atoms with E-state index in [1.54, 1.807) is 11.5 Å². The zero-order valence-electron chi connectivity index (χ0n) is 23.7. The number of nitrogens with zero attached hydrogens (tertiary/aromatic N) is 7. The van der Waals surface area contributed by atoms with Crippen LogP contribution in [0.2, 0.25) is 0 Å². The first-order chi connectivity index (χ1) is 21.4. The lowest BCUT2D eigenvalue weighted by molar-refractivity contribution is -0.101. The molecule has 0 amide bonds. The summed E-state index contributed by atoms with van der Waals surface area (Å²) in [6, 6.07) is 0. The molecule has 6 rings (SSSR count). The van der Waals surface area contributed by atoms with E-state index in [0.29, 0.717) is 11.2 Å². The highest BCUT2D eigenvalue weighted by Gasteiger charge is 2.54. The fourth-order valence-electron chi connectivity index (χ4n) is 5.49. The van der Waals surface area contributed by atoms with E-state index in [0.717, 1.165) is 6.33 Å². The number of fused-ring (bicyclic) bond motifs is 2. The summed E-state index contributed by atoms with van der Waals surface area (Å²) in [6.45, 7) is -3.59. The Bertz CT molecular complexity index is 1830. The van der Waals surface area contributed by atoms with Crippen molar-refractivity contribution in [3.05, 3.63) is 29.3 Å². The van der Waals surface area contributed by atoms with Crippen LogP contribution in [-0.2, 0) is 35.1 Å². The Morgan fingerprint density at radius 3 is 2.58 bits per heavy atom. The van der Waals surface area contributed by atoms with Crippen molar-refractivity contribution in [3.8, 4) is 0 Å². The summed E-state index contributed by atoms with van der Waals surface area (Å²) >= 11 is 5.19. The van der Waals surface area contributed by atoms with Crippen molar-refractivity contribution in [1.29, 1.82) is 0 Å². The molecule has 19 nitrogen and oxygen atoms in total. The molecule has 0 aromatic carbocycles. The highest BCUT2D eigenvalue weighted by Crippen LogP contribution is 2.51. The molecular formula is C23H30FN10O9PS. The van der Waals surface area contributed by atoms with Crippen molar-refractivity contribution >= 4 is 52.6 Å². The summed E-state index contributed by atoms with van der Waals surface area (Å²) in [5, 5.41) is 20.9. The normalized spacial score (nSPS) is 31.6. The van der Waals surface area contributed by atoms with E-state index in [9.17, 15) is 19.9 Å². The molecule has 2 saturated heterocycles. The van der Waals surface area contributed by atoms with Gasteiger partial charge in [-0.3, -0.25) is 23.4 Å². The lowest BCUT2D eigenvalue weighted by Gasteiger charge is -2.29. The molecule has 6 heterocycles. The number of rotatable bonds is 10. The zero-order chi connectivity index (χ0) is 32.3. The number of ether oxygens (including phenoxy) is 3. The van der Waals surface area contributed by atoms with E-state index >= 15 is 4.39 Å². The predicted molar refractivity (Wildman–Crippen MR) is 155 cm³/mol. The lowest BCUT2D eigenvalue weighted by atomic mass is 9.94. The highest BCUT2D eigenvalue weighted by atomic mass is 32.5. The van der Waals surface area contributed by atoms with Crippen LogP contribution in [0.15, 0.2) is 23.8 Å². The molecule has 4 aromatic rings. The number of aromatic amines is 1. The fourth-order valence-corrected chi connectivity index (χ4v) is 6.93. The van der Waals surface area contributed by atoms with Gasteiger partial charge in [0.05, 0.1) is 31.5 Å². The molecule has 9 atom stereocenters. The molecule has 0 radical (unpaired) electrons. The number of aliphatic hydroxyl groups excluding tert-OH is 2. The summed E-state index contributed by atoms with van der Waals surface area (Å²) in [5.41, 5.74) is 10.2. The molecular weight excluding hydrogens is 642 g/mol. The summed E-state index contributed by atoms with van der Waals surface area (Å²) in [4.78, 5) is 45.9. The van der Waals surface area contributed by atoms with Gasteiger partial charge in [0.15, 0.2) is 41.3 Å². The first-order valence-corrected chi connectivity index (χ1v) is 16.1. The van der Waals surface area contributed by atoms with Crippen molar-refractivity contribution < 1.29 is 42.8 Å². The minimum Gasteiger partial charge on any atom is -0.394 e. The number of aliphatic hydroxyl groups is 2. The Morgan fingerprint density at radius 1 is 1.16 bits per heavy atom. The third-order valence-corrected chi connectivity index (χ3v) is 9.41. The molecule has 244 valence electrons. The van der Waals surface area contributed by atoms with Gasteiger partial charge in [0.2, 0.25) is 5.95 Å². The maximum atomic E-state index is 15.4. The fraction of sp³-hybridized carbons (Fsp3) is 0.565. The number of nitrogens with two attached hydrogens (primary N) is 2. The smallest absolute Gasteiger partial charge is 0.325 e. The van der Waals surface area contributed by atoms with Crippen LogP contribution < -0.4 is 17.0 Å². The summed E-state index contributed by atoms with van der Waals surface area (Å²) in [6.07, 6.45) is -5.37. The molecule has 45 heavy (non-hydrogen) atoms. The van der Waals surface area contributed by atoms with E-state index in [4.69, 9.17) is 46.5 Å². The van der Waals surface area contributed by atoms with Gasteiger partial charge in [-0.05, 0) is 18.7 Å². The highest BCUT2D eigenvalue weighted by molar-refractivity contribution is 8.07. The van der Waals surface area contributed by atoms with Gasteiger partial charge in [0.1, 0.15) is 36.3 Å². The number of nitrogens with one attached hydrogen (secondary N) is 1. The number of alkyl halides is 1. The SMILES string of the molecule is CO[C@H]1[C@H](n2cnc3c(N)ncnc32)O[C@](C)(CCOP(O)(=S)O[C@@H]2[C@@H](F)[C@@H](CO)O[C@H]2n2cnc3c(=O)[nH]c(N)nc32)[C@H]1O. The number of imidazole rings is 2. The Kier molecular flexibility index (Phi) is 8.35. The van der Waals surface area contributed by atoms with E-state index in [1.165, 1.54) is 24.3 Å². The van der Waals surface area contributed by atoms with Crippen molar-refractivity contribution in [1.82, 2.24) is 39.0 Å². The molecule has 0 spiro atoms. The number of halogens is 1. The van der Waals surface area contributed by atoms with Gasteiger partial charge >= 0.3 is 6.72 Å². The molecule has 22 heteroatoms. The second-order valence-corrected chi connectivity index (χ2v) is 13.4. The monoisotopic (exact) mass is 672 g/mol. The molecule has 4 aromatic heterocycles. The zero-order valence-corrected chi connectivity index (χ0v) is 25.4. The van der Waals surface area contributed by atoms with E-state index in [2.05, 4.69) is 29.9 Å². The first-order valence-electron chi connectivity index (χ1n) is 13.5. The molecule has 2 aliphatic heterocycles. The summed E-state index contributed by atoms with van der Waals surface area (Å²) in [7, 11) is 1.41. The topological polar surface area (TPSA) is 266 Å². The van der Waals surface area contributed by atoms with Crippen LogP contribution in [0.5, 0.6) is 0 Å². The van der Waals surface area contributed by atoms with Gasteiger partial charge in [0.25, 0.3) is 5.56 Å². The number of nitrogen functional groups attached to an aromatic ring is 2. The van der Waals surface area contributed by atoms with Crippen LogP contribution in [0.25, 0.3) is 22.3 Å². The number of anilines is 2. The van der Waals surface area contributed by atoms with Gasteiger partial charge in [-0.25, -0.2) is 24.3 Å². The average molecular weight is 673 g/mol. The lowest BCUT2D eigenvalue weighted by Crippen LogP contribution is -2.42. The van der Waals surface area contributed by atoms with Gasteiger partial charge in [-0.15, -0.1) is 0 Å². The molecule has 2 fully saturated rings. The minimum atomic E-state index is -4.19. The van der Waals surface area contributed by atoms with Crippen LogP contribution >= 0.6 is 6.72 Å². The number of methoxy groups -OCH3 is 1. The standard InChI is InChI=1S/C23H30FN10O9PS/c1-23(15(36)14(39-2)21(42-23)33-7-29-11-16(25)27-6-28-17(11)33)3-4-40-44(38,45)43-13-10(24)9(5-35)41-20(13)34-8-30-12-18(34)31-22(26)32-19(12)37/h6-10,13-15,20-21,35-36H,3-5H2,1-2H3,(H,38,45)(H2,25,27,28)(H3,26,31,32,37)/t9-,10+,13-,14-,15+,20-,21-,23-,44?/m1/s1. The van der Waals surface area contributed by atoms with Gasteiger partial charge in [0, 0.05) is 13.5 Å². The van der Waals surface area contributed by atoms with Crippen molar-refractivity contribution in [3.63, 3.8) is 0 Å². The van der Waals surface area contributed by atoms with Crippen LogP contribution in [0, 0.1) is 0 Å². The first kappa shape index (κ1) is 31.7. The summed E-state index contributed by atoms with van der Waals surface area (Å²) in [5.74, 6) is -0.0562. The second kappa shape index (κ2) is 11.8. The van der Waals surface area contributed by atoms with E-state index in [-0.39, 0.29) is 36.0 Å². The molecule has 8 N–H and O–H groups in total. The number of hydrogen-bond donors (Lipinski definition) is 6. The van der Waals surface area contributed by atoms with Crippen LogP contribution in [0.1, 0.15) is 25.8 Å². The third-order valence-electron chi connectivity index (χ3n) is 7.82. The average Bonchev–Trinajstić information content (AvgIpc) is 3.73. The second-order valence-electron chi connectivity index (χ2n) is 10.6. The van der Waals surface area contributed by atoms with Crippen molar-refractivity contribution in [2.75, 3.05) is 31.8 Å². The Labute approximate surface area is 257 Å². The van der Waals surface area contributed by atoms with Crippen LogP contribution in [-0.4, -0.2) is 111 Å². The molecule has 0 saturated carbocycles. The van der Waals surface area contributed by atoms with E-state index in [1.807, 2.05) is 0 Å². The van der Waals surface area contributed by atoms with Crippen molar-refractivity contribution in [2.24, 2.45) is 0 Å². The Morgan fingerprint density at radius 2 is 1.87 bits per heavy atom. The molecule has 1 unspecified atom stereocenters. The van der Waals surface area contributed by atoms with Gasteiger partial charge in [-0.1, -0.05) is 0 Å². The van der Waals surface area contributed by atoms with E-state index < -0.39 is 67.5 Å². The number of aromatic nitrogens is 8. The summed E-state index contributed by atoms with van der Waals surface area (Å²) < 4.78 is 46.7. The maximum absolute atomic E-state index is 15.4. The third kappa shape index (κ3) is 5.58. The van der Waals surface area contributed by atoms with Gasteiger partial charge in [-0.2, -0.15) is 4.98 Å². The Balaban J connectivity index is 1.17. The molecule has 2 aliphatic rings. The quantitative estimate of drug-likeness (QED) is 0.111.